The summed E-state index contributed by atoms with van der Waals surface area (Å²) >= 11 is 1.21. The highest BCUT2D eigenvalue weighted by atomic mass is 32.2. The summed E-state index contributed by atoms with van der Waals surface area (Å²) in [5, 5.41) is 51.6. The van der Waals surface area contributed by atoms with Crippen LogP contribution in [0.4, 0.5) is 0 Å². The number of hydrogen-bond acceptors (Lipinski definition) is 8. The molecule has 7 nitrogen and oxygen atoms in total. The summed E-state index contributed by atoms with van der Waals surface area (Å²) in [6.07, 6.45) is -6.14. The Balaban J connectivity index is 1.96. The highest BCUT2D eigenvalue weighted by Gasteiger charge is 2.37. The van der Waals surface area contributed by atoms with Crippen LogP contribution in [0.2, 0.25) is 0 Å². The number of rotatable bonds is 6. The molecule has 0 saturated heterocycles. The van der Waals surface area contributed by atoms with Gasteiger partial charge in [0.2, 0.25) is 0 Å². The molecule has 8 heteroatoms. The van der Waals surface area contributed by atoms with Crippen LogP contribution in [0, 0.1) is 0 Å². The van der Waals surface area contributed by atoms with E-state index in [0.717, 1.165) is 5.56 Å². The molecule has 0 saturated carbocycles. The molecule has 0 aliphatic carbocycles. The number of nitrogens with zero attached hydrogens (tertiary/aromatic N) is 1. The van der Waals surface area contributed by atoms with Crippen LogP contribution >= 0.6 is 11.8 Å². The van der Waals surface area contributed by atoms with E-state index >= 15 is 0 Å². The third kappa shape index (κ3) is 3.73. The van der Waals surface area contributed by atoms with E-state index in [1.54, 1.807) is 0 Å². The molecule has 1 aromatic rings. The molecule has 6 N–H and O–H groups in total. The molecule has 0 bridgehead atoms. The van der Waals surface area contributed by atoms with Crippen LogP contribution in [0.5, 0.6) is 0 Å². The number of nitrogens with one attached hydrogen (secondary N) is 1. The van der Waals surface area contributed by atoms with Gasteiger partial charge in [0.25, 0.3) is 0 Å². The summed E-state index contributed by atoms with van der Waals surface area (Å²) < 4.78 is 0. The summed E-state index contributed by atoms with van der Waals surface area (Å²) in [4.78, 5) is 0. The summed E-state index contributed by atoms with van der Waals surface area (Å²) in [7, 11) is 0. The summed E-state index contributed by atoms with van der Waals surface area (Å²) in [6, 6.07) is 9.32. The Labute approximate surface area is 125 Å². The Bertz CT molecular complexity index is 487. The fourth-order valence-electron chi connectivity index (χ4n) is 1.87. The average molecular weight is 314 g/mol. The number of benzene rings is 1. The lowest BCUT2D eigenvalue weighted by molar-refractivity contribution is -0.116. The molecule has 0 amide bonds. The van der Waals surface area contributed by atoms with Gasteiger partial charge >= 0.3 is 0 Å². The first-order valence-corrected chi connectivity index (χ1v) is 7.31. The van der Waals surface area contributed by atoms with E-state index in [9.17, 15) is 20.4 Å². The summed E-state index contributed by atoms with van der Waals surface area (Å²) in [5.41, 5.74) is 3.55. The Kier molecular flexibility index (Phi) is 5.57. The Hall–Kier alpha value is -1.16. The average Bonchev–Trinajstić information content (AvgIpc) is 3.02. The molecule has 0 unspecified atom stereocenters. The van der Waals surface area contributed by atoms with Crippen LogP contribution in [0.3, 0.4) is 0 Å². The van der Waals surface area contributed by atoms with Gasteiger partial charge in [-0.2, -0.15) is 5.10 Å². The molecule has 1 heterocycles. The van der Waals surface area contributed by atoms with Crippen LogP contribution in [0.1, 0.15) is 5.56 Å². The second kappa shape index (κ2) is 7.21. The van der Waals surface area contributed by atoms with Gasteiger partial charge in [0, 0.05) is 5.56 Å². The highest BCUT2D eigenvalue weighted by molar-refractivity contribution is 8.15. The normalized spacial score (nSPS) is 23.9. The monoisotopic (exact) mass is 314 g/mol. The van der Waals surface area contributed by atoms with E-state index < -0.39 is 36.4 Å². The van der Waals surface area contributed by atoms with Crippen LogP contribution < -0.4 is 5.43 Å². The van der Waals surface area contributed by atoms with Gasteiger partial charge in [0.15, 0.2) is 0 Å². The topological polar surface area (TPSA) is 126 Å². The van der Waals surface area contributed by atoms with E-state index in [2.05, 4.69) is 10.5 Å². The first-order chi connectivity index (χ1) is 10.0. The minimum absolute atomic E-state index is 0.657. The van der Waals surface area contributed by atoms with Crippen LogP contribution in [0.15, 0.2) is 35.4 Å². The van der Waals surface area contributed by atoms with Crippen molar-refractivity contribution < 1.29 is 25.5 Å². The van der Waals surface area contributed by atoms with Crippen molar-refractivity contribution in [3.63, 3.8) is 0 Å². The lowest BCUT2D eigenvalue weighted by Gasteiger charge is -2.28. The van der Waals surface area contributed by atoms with Crippen LogP contribution in [0.25, 0.3) is 0 Å². The van der Waals surface area contributed by atoms with Crippen molar-refractivity contribution in [1.29, 1.82) is 0 Å². The summed E-state index contributed by atoms with van der Waals surface area (Å²) in [6.45, 7) is -0.706. The van der Waals surface area contributed by atoms with Gasteiger partial charge in [0.1, 0.15) is 34.8 Å². The van der Waals surface area contributed by atoms with Gasteiger partial charge in [-0.3, -0.25) is 5.43 Å². The molecule has 1 aliphatic heterocycles. The Morgan fingerprint density at radius 1 is 1.10 bits per heavy atom. The molecule has 1 aromatic carbocycles. The molecule has 2 rings (SSSR count). The predicted octanol–water partition coefficient (Wildman–Crippen LogP) is -1.55. The molecule has 21 heavy (non-hydrogen) atoms. The van der Waals surface area contributed by atoms with Gasteiger partial charge in [0.05, 0.1) is 6.61 Å². The standard InChI is InChI=1S/C13H18N2O5S/c16-6-8(17)9(18)10(19)11(20)13-15-14-12(21-13)7-4-2-1-3-5-7/h1-5,8-11,13,15-20H,6H2/t8-,9-,10-,11+,13+/m1/s1. The first kappa shape index (κ1) is 16.2. The maximum atomic E-state index is 10.0. The predicted molar refractivity (Wildman–Crippen MR) is 78.6 cm³/mol. The molecular weight excluding hydrogens is 296 g/mol. The number of aliphatic hydroxyl groups excluding tert-OH is 5. The summed E-state index contributed by atoms with van der Waals surface area (Å²) in [5.74, 6) is 0. The van der Waals surface area contributed by atoms with Gasteiger partial charge in [-0.25, -0.2) is 0 Å². The molecule has 0 fully saturated rings. The Morgan fingerprint density at radius 3 is 2.38 bits per heavy atom. The number of hydrazone groups is 1. The zero-order chi connectivity index (χ0) is 15.4. The minimum Gasteiger partial charge on any atom is -0.394 e. The quantitative estimate of drug-likeness (QED) is 0.375. The third-order valence-electron chi connectivity index (χ3n) is 3.14. The lowest BCUT2D eigenvalue weighted by Crippen LogP contribution is -2.51. The molecule has 116 valence electrons. The largest absolute Gasteiger partial charge is 0.394 e. The first-order valence-electron chi connectivity index (χ1n) is 6.43. The zero-order valence-electron chi connectivity index (χ0n) is 11.1. The molecule has 0 aromatic heterocycles. The van der Waals surface area contributed by atoms with Gasteiger partial charge in [-0.1, -0.05) is 42.1 Å². The van der Waals surface area contributed by atoms with Crippen molar-refractivity contribution in [3.8, 4) is 0 Å². The number of thioether (sulfide) groups is 1. The van der Waals surface area contributed by atoms with Crippen molar-refractivity contribution in [3.05, 3.63) is 35.9 Å². The maximum absolute atomic E-state index is 10.0. The highest BCUT2D eigenvalue weighted by Crippen LogP contribution is 2.26. The van der Waals surface area contributed by atoms with Crippen LogP contribution in [-0.4, -0.2) is 67.0 Å². The third-order valence-corrected chi connectivity index (χ3v) is 4.33. The molecule has 0 spiro atoms. The molecule has 1 aliphatic rings. The second-order valence-corrected chi connectivity index (χ2v) is 5.80. The second-order valence-electron chi connectivity index (χ2n) is 4.67. The van der Waals surface area contributed by atoms with E-state index in [1.165, 1.54) is 11.8 Å². The number of hydrogen-bond donors (Lipinski definition) is 6. The Morgan fingerprint density at radius 2 is 1.76 bits per heavy atom. The van der Waals surface area contributed by atoms with E-state index in [1.807, 2.05) is 30.3 Å². The molecular formula is C13H18N2O5S. The molecule has 0 radical (unpaired) electrons. The lowest BCUT2D eigenvalue weighted by atomic mass is 10.0. The van der Waals surface area contributed by atoms with Gasteiger partial charge in [-0.05, 0) is 0 Å². The fraction of sp³-hybridized carbons (Fsp3) is 0.462. The SMILES string of the molecule is OC[C@@H](O)[C@@H](O)[C@@H](O)[C@H](O)[C@H]1NN=C(c2ccccc2)S1. The fourth-order valence-corrected chi connectivity index (χ4v) is 2.90. The zero-order valence-corrected chi connectivity index (χ0v) is 11.9. The smallest absolute Gasteiger partial charge is 0.125 e. The van der Waals surface area contributed by atoms with Crippen molar-refractivity contribution in [2.75, 3.05) is 6.61 Å². The minimum atomic E-state index is -1.65. The van der Waals surface area contributed by atoms with E-state index in [4.69, 9.17) is 5.11 Å². The van der Waals surface area contributed by atoms with Crippen molar-refractivity contribution in [1.82, 2.24) is 5.43 Å². The maximum Gasteiger partial charge on any atom is 0.125 e. The van der Waals surface area contributed by atoms with Crippen molar-refractivity contribution in [2.45, 2.75) is 29.8 Å². The van der Waals surface area contributed by atoms with Gasteiger partial charge < -0.3 is 25.5 Å². The van der Waals surface area contributed by atoms with Crippen molar-refractivity contribution >= 4 is 16.8 Å². The van der Waals surface area contributed by atoms with E-state index in [-0.39, 0.29) is 0 Å². The van der Waals surface area contributed by atoms with Crippen molar-refractivity contribution in [2.24, 2.45) is 5.10 Å². The van der Waals surface area contributed by atoms with Gasteiger partial charge in [-0.15, -0.1) is 0 Å². The number of aliphatic hydroxyl groups is 5. The molecule has 5 atom stereocenters. The van der Waals surface area contributed by atoms with Crippen LogP contribution in [-0.2, 0) is 0 Å². The van der Waals surface area contributed by atoms with E-state index in [0.29, 0.717) is 5.04 Å².